The van der Waals surface area contributed by atoms with E-state index in [-0.39, 0.29) is 11.7 Å². The second kappa shape index (κ2) is 4.16. The van der Waals surface area contributed by atoms with Crippen LogP contribution in [-0.4, -0.2) is 11.5 Å². The first-order valence-corrected chi connectivity index (χ1v) is 4.05. The third-order valence-electron chi connectivity index (χ3n) is 1.85. The lowest BCUT2D eigenvalue weighted by molar-refractivity contribution is 0.608. The number of pyridine rings is 1. The average Bonchev–Trinajstić information content (AvgIpc) is 2.05. The van der Waals surface area contributed by atoms with E-state index >= 15 is 0 Å². The third kappa shape index (κ3) is 2.27. The van der Waals surface area contributed by atoms with Crippen LogP contribution in [0.4, 0.5) is 4.39 Å². The maximum absolute atomic E-state index is 12.7. The van der Waals surface area contributed by atoms with E-state index in [0.717, 1.165) is 12.1 Å². The van der Waals surface area contributed by atoms with Gasteiger partial charge in [-0.1, -0.05) is 6.92 Å². The van der Waals surface area contributed by atoms with Gasteiger partial charge in [0.05, 0.1) is 0 Å². The Kier molecular flexibility index (Phi) is 3.17. The van der Waals surface area contributed by atoms with Gasteiger partial charge in [0.1, 0.15) is 5.82 Å². The summed E-state index contributed by atoms with van der Waals surface area (Å²) < 4.78 is 12.7. The van der Waals surface area contributed by atoms with Crippen molar-refractivity contribution in [2.45, 2.75) is 19.3 Å². The first-order chi connectivity index (χ1) is 5.74. The molecule has 1 aromatic rings. The van der Waals surface area contributed by atoms with Crippen molar-refractivity contribution in [3.8, 4) is 0 Å². The van der Waals surface area contributed by atoms with Crippen LogP contribution < -0.4 is 5.73 Å². The maximum atomic E-state index is 12.7. The van der Waals surface area contributed by atoms with Gasteiger partial charge < -0.3 is 5.73 Å². The molecule has 0 aromatic carbocycles. The van der Waals surface area contributed by atoms with Gasteiger partial charge >= 0.3 is 0 Å². The number of rotatable bonds is 3. The van der Waals surface area contributed by atoms with Gasteiger partial charge in [-0.15, -0.1) is 0 Å². The van der Waals surface area contributed by atoms with E-state index in [9.17, 15) is 4.39 Å². The molecule has 0 radical (unpaired) electrons. The topological polar surface area (TPSA) is 38.9 Å². The zero-order valence-electron chi connectivity index (χ0n) is 7.13. The minimum Gasteiger partial charge on any atom is -0.330 e. The zero-order valence-corrected chi connectivity index (χ0v) is 7.13. The molecule has 0 bridgehead atoms. The van der Waals surface area contributed by atoms with Gasteiger partial charge in [0, 0.05) is 11.9 Å². The quantitative estimate of drug-likeness (QED) is 0.745. The van der Waals surface area contributed by atoms with Gasteiger partial charge in [-0.2, -0.15) is 0 Å². The summed E-state index contributed by atoms with van der Waals surface area (Å²) in [6, 6.07) is 2.80. The molecule has 0 fully saturated rings. The maximum Gasteiger partial charge on any atom is 0.126 e. The first-order valence-electron chi connectivity index (χ1n) is 4.05. The highest BCUT2D eigenvalue weighted by Crippen LogP contribution is 2.15. The van der Waals surface area contributed by atoms with E-state index < -0.39 is 0 Å². The van der Waals surface area contributed by atoms with Crippen LogP contribution in [0.15, 0.2) is 18.3 Å². The van der Waals surface area contributed by atoms with Crippen LogP contribution in [0.1, 0.15) is 25.0 Å². The number of nitrogens with zero attached hydrogens (tertiary/aromatic N) is 1. The second-order valence-electron chi connectivity index (χ2n) is 2.88. The molecular weight excluding hydrogens is 155 g/mol. The Hall–Kier alpha value is -0.960. The first kappa shape index (κ1) is 9.13. The minimum atomic E-state index is -0.233. The second-order valence-corrected chi connectivity index (χ2v) is 2.88. The standard InChI is InChI=1S/C9H13FN2/c1-7(2-4-11)9-6-8(10)3-5-12-9/h3,5-7H,2,4,11H2,1H3. The van der Waals surface area contributed by atoms with Crippen molar-refractivity contribution in [2.75, 3.05) is 6.54 Å². The van der Waals surface area contributed by atoms with Crippen LogP contribution in [0.5, 0.6) is 0 Å². The molecule has 1 aromatic heterocycles. The molecule has 2 N–H and O–H groups in total. The predicted molar refractivity (Wildman–Crippen MR) is 46.3 cm³/mol. The number of hydrogen-bond donors (Lipinski definition) is 1. The molecule has 0 saturated carbocycles. The molecule has 0 aliphatic rings. The van der Waals surface area contributed by atoms with Crippen LogP contribution in [0, 0.1) is 5.82 Å². The normalized spacial score (nSPS) is 12.9. The molecule has 3 heteroatoms. The molecule has 0 spiro atoms. The fourth-order valence-corrected chi connectivity index (χ4v) is 1.09. The third-order valence-corrected chi connectivity index (χ3v) is 1.85. The van der Waals surface area contributed by atoms with Crippen molar-refractivity contribution in [3.05, 3.63) is 29.8 Å². The van der Waals surface area contributed by atoms with Crippen LogP contribution in [0.25, 0.3) is 0 Å². The van der Waals surface area contributed by atoms with Gasteiger partial charge in [0.25, 0.3) is 0 Å². The highest BCUT2D eigenvalue weighted by atomic mass is 19.1. The minimum absolute atomic E-state index is 0.233. The lowest BCUT2D eigenvalue weighted by Crippen LogP contribution is -2.06. The van der Waals surface area contributed by atoms with Crippen LogP contribution in [0.2, 0.25) is 0 Å². The molecular formula is C9H13FN2. The van der Waals surface area contributed by atoms with Crippen molar-refractivity contribution < 1.29 is 4.39 Å². The molecule has 12 heavy (non-hydrogen) atoms. The van der Waals surface area contributed by atoms with Crippen LogP contribution >= 0.6 is 0 Å². The Bertz CT molecular complexity index is 250. The van der Waals surface area contributed by atoms with E-state index in [4.69, 9.17) is 5.73 Å². The van der Waals surface area contributed by atoms with Gasteiger partial charge in [-0.25, -0.2) is 4.39 Å². The Labute approximate surface area is 71.6 Å². The van der Waals surface area contributed by atoms with Crippen molar-refractivity contribution in [1.29, 1.82) is 0 Å². The van der Waals surface area contributed by atoms with E-state index in [0.29, 0.717) is 6.54 Å². The van der Waals surface area contributed by atoms with Gasteiger partial charge in [-0.05, 0) is 31.0 Å². The smallest absolute Gasteiger partial charge is 0.126 e. The predicted octanol–water partition coefficient (Wildman–Crippen LogP) is 1.67. The van der Waals surface area contributed by atoms with Crippen molar-refractivity contribution >= 4 is 0 Å². The van der Waals surface area contributed by atoms with E-state index in [1.54, 1.807) is 0 Å². The van der Waals surface area contributed by atoms with Crippen LogP contribution in [0.3, 0.4) is 0 Å². The Balaban J connectivity index is 2.73. The van der Waals surface area contributed by atoms with Gasteiger partial charge in [0.2, 0.25) is 0 Å². The summed E-state index contributed by atoms with van der Waals surface area (Å²) >= 11 is 0. The monoisotopic (exact) mass is 168 g/mol. The van der Waals surface area contributed by atoms with Crippen molar-refractivity contribution in [3.63, 3.8) is 0 Å². The Morgan fingerprint density at radius 3 is 3.00 bits per heavy atom. The molecule has 1 rings (SSSR count). The zero-order chi connectivity index (χ0) is 8.97. The molecule has 66 valence electrons. The number of nitrogens with two attached hydrogens (primary N) is 1. The fraction of sp³-hybridized carbons (Fsp3) is 0.444. The lowest BCUT2D eigenvalue weighted by atomic mass is 10.0. The summed E-state index contributed by atoms with van der Waals surface area (Å²) in [6.45, 7) is 2.61. The largest absolute Gasteiger partial charge is 0.330 e. The van der Waals surface area contributed by atoms with E-state index in [1.165, 1.54) is 18.3 Å². The van der Waals surface area contributed by atoms with E-state index in [2.05, 4.69) is 4.98 Å². The molecule has 0 aliphatic heterocycles. The van der Waals surface area contributed by atoms with Crippen molar-refractivity contribution in [1.82, 2.24) is 4.98 Å². The highest BCUT2D eigenvalue weighted by molar-refractivity contribution is 5.10. The Morgan fingerprint density at radius 1 is 1.67 bits per heavy atom. The summed E-state index contributed by atoms with van der Waals surface area (Å²) in [7, 11) is 0. The number of halogens is 1. The summed E-state index contributed by atoms with van der Waals surface area (Å²) in [5, 5.41) is 0. The molecule has 1 atom stereocenters. The Morgan fingerprint density at radius 2 is 2.42 bits per heavy atom. The van der Waals surface area contributed by atoms with Crippen LogP contribution in [-0.2, 0) is 0 Å². The van der Waals surface area contributed by atoms with Gasteiger partial charge in [-0.3, -0.25) is 4.98 Å². The van der Waals surface area contributed by atoms with E-state index in [1.807, 2.05) is 6.92 Å². The summed E-state index contributed by atoms with van der Waals surface area (Å²) in [5.74, 6) is 0.00886. The lowest BCUT2D eigenvalue weighted by Gasteiger charge is -2.08. The average molecular weight is 168 g/mol. The molecule has 1 unspecified atom stereocenters. The molecule has 0 saturated heterocycles. The summed E-state index contributed by atoms with van der Waals surface area (Å²) in [5.41, 5.74) is 6.16. The highest BCUT2D eigenvalue weighted by Gasteiger charge is 2.05. The molecule has 0 amide bonds. The summed E-state index contributed by atoms with van der Waals surface area (Å²) in [4.78, 5) is 4.06. The molecule has 2 nitrogen and oxygen atoms in total. The SMILES string of the molecule is CC(CCN)c1cc(F)ccn1. The molecule has 1 heterocycles. The van der Waals surface area contributed by atoms with Crippen molar-refractivity contribution in [2.24, 2.45) is 5.73 Å². The summed E-state index contributed by atoms with van der Waals surface area (Å²) in [6.07, 6.45) is 2.33. The van der Waals surface area contributed by atoms with Gasteiger partial charge in [0.15, 0.2) is 0 Å². The fourth-order valence-electron chi connectivity index (χ4n) is 1.09. The molecule has 0 aliphatic carbocycles. The number of aromatic nitrogens is 1. The number of hydrogen-bond acceptors (Lipinski definition) is 2.